The van der Waals surface area contributed by atoms with Crippen LogP contribution in [0.2, 0.25) is 0 Å². The molecule has 11 heteroatoms. The Bertz CT molecular complexity index is 393. The van der Waals surface area contributed by atoms with Crippen LogP contribution in [-0.4, -0.2) is 115 Å². The molecule has 136 valence electrons. The topological polar surface area (TPSA) is 190 Å². The summed E-state index contributed by atoms with van der Waals surface area (Å²) in [4.78, 5) is 0. The fourth-order valence-corrected chi connectivity index (χ4v) is 2.63. The fraction of sp³-hybridized carbons (Fsp3) is 1.00. The second-order valence-corrected chi connectivity index (χ2v) is 5.56. The summed E-state index contributed by atoms with van der Waals surface area (Å²) in [7, 11) is 0. The molecule has 2 aliphatic rings. The van der Waals surface area contributed by atoms with Crippen molar-refractivity contribution in [2.24, 2.45) is 0 Å². The Balaban J connectivity index is 2.18. The molecule has 2 aliphatic heterocycles. The number of rotatable bonds is 5. The molecular weight excluding hydrogens is 320 g/mol. The second-order valence-electron chi connectivity index (χ2n) is 5.56. The molecule has 2 rings (SSSR count). The van der Waals surface area contributed by atoms with Crippen LogP contribution >= 0.6 is 0 Å². The molecule has 0 aromatic heterocycles. The first-order valence-corrected chi connectivity index (χ1v) is 7.05. The molecule has 0 radical (unpaired) electrons. The van der Waals surface area contributed by atoms with Gasteiger partial charge in [0.25, 0.3) is 0 Å². The Morgan fingerprint density at radius 1 is 0.783 bits per heavy atom. The summed E-state index contributed by atoms with van der Waals surface area (Å²) in [5.41, 5.74) is 0. The number of aliphatic hydroxyl groups excluding tert-OH is 8. The molecule has 2 heterocycles. The van der Waals surface area contributed by atoms with Gasteiger partial charge in [-0.05, 0) is 0 Å². The van der Waals surface area contributed by atoms with Crippen molar-refractivity contribution in [1.29, 1.82) is 0 Å². The third kappa shape index (κ3) is 3.23. The number of ether oxygens (including phenoxy) is 3. The van der Waals surface area contributed by atoms with Crippen LogP contribution in [0.25, 0.3) is 0 Å². The van der Waals surface area contributed by atoms with E-state index in [1.54, 1.807) is 0 Å². The average Bonchev–Trinajstić information content (AvgIpc) is 2.80. The fourth-order valence-electron chi connectivity index (χ4n) is 2.63. The summed E-state index contributed by atoms with van der Waals surface area (Å²) in [6.45, 7) is -2.32. The van der Waals surface area contributed by atoms with Gasteiger partial charge in [0.05, 0.1) is 13.2 Å². The molecule has 2 saturated heterocycles. The van der Waals surface area contributed by atoms with Crippen molar-refractivity contribution in [3.63, 3.8) is 0 Å². The van der Waals surface area contributed by atoms with Gasteiger partial charge in [-0.2, -0.15) is 0 Å². The zero-order chi connectivity index (χ0) is 17.4. The van der Waals surface area contributed by atoms with Crippen LogP contribution in [0.15, 0.2) is 0 Å². The summed E-state index contributed by atoms with van der Waals surface area (Å²) >= 11 is 0. The standard InChI is InChI=1S/C12H22O11/c13-1-4-6(16)8(18)9(19)11(21-4)23-12(3-15)10(20)7(17)5(2-14)22-12/h4-11,13-20H,1-3H2/t4-,5-,6+,7-,8+,9-,10+,11-,12-/m1/s1. The molecule has 9 atom stereocenters. The molecule has 0 bridgehead atoms. The first kappa shape index (κ1) is 18.9. The van der Waals surface area contributed by atoms with Gasteiger partial charge in [-0.25, -0.2) is 0 Å². The average molecular weight is 342 g/mol. The summed E-state index contributed by atoms with van der Waals surface area (Å²) in [6, 6.07) is 0. The van der Waals surface area contributed by atoms with Crippen molar-refractivity contribution in [3.05, 3.63) is 0 Å². The predicted molar refractivity (Wildman–Crippen MR) is 68.6 cm³/mol. The molecule has 0 aliphatic carbocycles. The van der Waals surface area contributed by atoms with E-state index in [2.05, 4.69) is 0 Å². The number of hydrogen-bond acceptors (Lipinski definition) is 11. The summed E-state index contributed by atoms with van der Waals surface area (Å²) in [5, 5.41) is 76.7. The smallest absolute Gasteiger partial charge is 0.224 e. The lowest BCUT2D eigenvalue weighted by molar-refractivity contribution is -0.383. The van der Waals surface area contributed by atoms with Crippen molar-refractivity contribution < 1.29 is 55.1 Å². The van der Waals surface area contributed by atoms with Crippen molar-refractivity contribution in [2.45, 2.75) is 54.8 Å². The highest BCUT2D eigenvalue weighted by atomic mass is 16.8. The number of aliphatic hydroxyl groups is 8. The van der Waals surface area contributed by atoms with Crippen LogP contribution in [0.4, 0.5) is 0 Å². The molecular formula is C12H22O11. The molecule has 0 unspecified atom stereocenters. The Morgan fingerprint density at radius 2 is 1.39 bits per heavy atom. The molecule has 0 aromatic carbocycles. The van der Waals surface area contributed by atoms with Crippen molar-refractivity contribution in [3.8, 4) is 0 Å². The maximum atomic E-state index is 10.00. The van der Waals surface area contributed by atoms with Gasteiger partial charge in [-0.15, -0.1) is 0 Å². The normalized spacial score (nSPS) is 51.1. The van der Waals surface area contributed by atoms with Gasteiger partial charge in [0.2, 0.25) is 5.79 Å². The highest BCUT2D eigenvalue weighted by Crippen LogP contribution is 2.35. The lowest BCUT2D eigenvalue weighted by Gasteiger charge is -2.43. The molecule has 0 saturated carbocycles. The van der Waals surface area contributed by atoms with E-state index in [1.807, 2.05) is 0 Å². The zero-order valence-corrected chi connectivity index (χ0v) is 12.0. The van der Waals surface area contributed by atoms with E-state index in [0.717, 1.165) is 0 Å². The van der Waals surface area contributed by atoms with Gasteiger partial charge in [0, 0.05) is 0 Å². The molecule has 2 fully saturated rings. The minimum Gasteiger partial charge on any atom is -0.394 e. The van der Waals surface area contributed by atoms with Crippen LogP contribution in [-0.2, 0) is 14.2 Å². The van der Waals surface area contributed by atoms with Crippen LogP contribution < -0.4 is 0 Å². The van der Waals surface area contributed by atoms with E-state index in [4.69, 9.17) is 24.4 Å². The Labute approximate surface area is 130 Å². The molecule has 0 amide bonds. The Kier molecular flexibility index (Phi) is 5.92. The van der Waals surface area contributed by atoms with Gasteiger partial charge >= 0.3 is 0 Å². The van der Waals surface area contributed by atoms with Crippen molar-refractivity contribution in [1.82, 2.24) is 0 Å². The van der Waals surface area contributed by atoms with E-state index >= 15 is 0 Å². The Hall–Kier alpha value is -0.440. The van der Waals surface area contributed by atoms with E-state index in [-0.39, 0.29) is 0 Å². The van der Waals surface area contributed by atoms with Crippen molar-refractivity contribution in [2.75, 3.05) is 19.8 Å². The maximum absolute atomic E-state index is 10.00. The first-order chi connectivity index (χ1) is 10.8. The molecule has 11 nitrogen and oxygen atoms in total. The predicted octanol–water partition coefficient (Wildman–Crippen LogP) is -5.40. The lowest BCUT2D eigenvalue weighted by atomic mass is 9.99. The molecule has 23 heavy (non-hydrogen) atoms. The summed E-state index contributed by atoms with van der Waals surface area (Å²) < 4.78 is 15.4. The molecule has 0 aromatic rings. The minimum absolute atomic E-state index is 0.669. The third-order valence-electron chi connectivity index (χ3n) is 4.07. The minimum atomic E-state index is -2.22. The van der Waals surface area contributed by atoms with Crippen LogP contribution in [0.5, 0.6) is 0 Å². The monoisotopic (exact) mass is 342 g/mol. The second kappa shape index (κ2) is 7.21. The van der Waals surface area contributed by atoms with Crippen LogP contribution in [0.3, 0.4) is 0 Å². The quantitative estimate of drug-likeness (QED) is 0.238. The number of hydrogen-bond donors (Lipinski definition) is 8. The van der Waals surface area contributed by atoms with Gasteiger partial charge in [0.1, 0.15) is 49.3 Å². The van der Waals surface area contributed by atoms with E-state index < -0.39 is 74.6 Å². The van der Waals surface area contributed by atoms with Crippen LogP contribution in [0.1, 0.15) is 0 Å². The third-order valence-corrected chi connectivity index (χ3v) is 4.07. The lowest BCUT2D eigenvalue weighted by Crippen LogP contribution is -2.62. The van der Waals surface area contributed by atoms with E-state index in [1.165, 1.54) is 0 Å². The highest BCUT2D eigenvalue weighted by Gasteiger charge is 2.58. The maximum Gasteiger partial charge on any atom is 0.224 e. The van der Waals surface area contributed by atoms with Gasteiger partial charge in [-0.3, -0.25) is 0 Å². The Morgan fingerprint density at radius 3 is 1.87 bits per heavy atom. The van der Waals surface area contributed by atoms with E-state index in [9.17, 15) is 30.6 Å². The van der Waals surface area contributed by atoms with E-state index in [0.29, 0.717) is 0 Å². The largest absolute Gasteiger partial charge is 0.394 e. The highest BCUT2D eigenvalue weighted by molar-refractivity contribution is 4.98. The van der Waals surface area contributed by atoms with Crippen molar-refractivity contribution >= 4 is 0 Å². The summed E-state index contributed by atoms with van der Waals surface area (Å²) in [5.74, 6) is -2.22. The van der Waals surface area contributed by atoms with Gasteiger partial charge < -0.3 is 55.1 Å². The van der Waals surface area contributed by atoms with Gasteiger partial charge in [-0.1, -0.05) is 0 Å². The molecule has 0 spiro atoms. The zero-order valence-electron chi connectivity index (χ0n) is 12.0. The SMILES string of the molecule is OC[C@H]1O[C@H](O[C@@]2(CO)O[C@H](CO)[C@@H](O)[C@@H]2O)[C@H](O)[C@@H](O)[C@H]1O. The van der Waals surface area contributed by atoms with Gasteiger partial charge in [0.15, 0.2) is 6.29 Å². The molecule has 8 N–H and O–H groups in total. The summed E-state index contributed by atoms with van der Waals surface area (Å²) in [6.07, 6.45) is -12.7. The van der Waals surface area contributed by atoms with Crippen LogP contribution in [0, 0.1) is 0 Å². The first-order valence-electron chi connectivity index (χ1n) is 7.05.